The molecule has 8 nitrogen and oxygen atoms in total. The van der Waals surface area contributed by atoms with E-state index in [1.54, 1.807) is 4.68 Å². The van der Waals surface area contributed by atoms with E-state index in [0.717, 1.165) is 72.1 Å². The van der Waals surface area contributed by atoms with E-state index in [9.17, 15) is 4.79 Å². The Labute approximate surface area is 263 Å². The summed E-state index contributed by atoms with van der Waals surface area (Å²) in [5.74, 6) is 0.933. The molecule has 2 aromatic heterocycles. The third-order valence-corrected chi connectivity index (χ3v) is 7.68. The van der Waals surface area contributed by atoms with Crippen molar-refractivity contribution in [1.82, 2.24) is 14.3 Å². The van der Waals surface area contributed by atoms with E-state index in [1.165, 1.54) is 12.1 Å². The Hall–Kier alpha value is -4.43. The van der Waals surface area contributed by atoms with Gasteiger partial charge in [-0.25, -0.2) is 4.68 Å². The predicted octanol–water partition coefficient (Wildman–Crippen LogP) is 6.91. The molecule has 2 aliphatic heterocycles. The molecule has 0 spiro atoms. The van der Waals surface area contributed by atoms with E-state index in [1.807, 2.05) is 87.0 Å². The van der Waals surface area contributed by atoms with Gasteiger partial charge in [-0.1, -0.05) is 51.1 Å². The molecule has 2 N–H and O–H groups in total. The van der Waals surface area contributed by atoms with E-state index >= 15 is 0 Å². The summed E-state index contributed by atoms with van der Waals surface area (Å²) in [5, 5.41) is 0. The zero-order chi connectivity index (χ0) is 32.2. The fourth-order valence-electron chi connectivity index (χ4n) is 5.50. The van der Waals surface area contributed by atoms with E-state index < -0.39 is 0 Å². The van der Waals surface area contributed by atoms with Gasteiger partial charge in [-0.3, -0.25) is 14.5 Å². The first-order valence-corrected chi connectivity index (χ1v) is 15.3. The molecular formula is C36H49N5O3. The lowest BCUT2D eigenvalue weighted by Crippen LogP contribution is -2.27. The third kappa shape index (κ3) is 7.74. The number of benzene rings is 2. The van der Waals surface area contributed by atoms with Crippen molar-refractivity contribution in [3.8, 4) is 11.4 Å². The molecule has 44 heavy (non-hydrogen) atoms. The highest BCUT2D eigenvalue weighted by molar-refractivity contribution is 5.74. The van der Waals surface area contributed by atoms with Gasteiger partial charge >= 0.3 is 0 Å². The van der Waals surface area contributed by atoms with Gasteiger partial charge in [0.15, 0.2) is 0 Å². The summed E-state index contributed by atoms with van der Waals surface area (Å²) in [7, 11) is 0. The van der Waals surface area contributed by atoms with Crippen molar-refractivity contribution in [2.75, 3.05) is 18.1 Å². The Balaban J connectivity index is 0.000000282. The van der Waals surface area contributed by atoms with Crippen LogP contribution in [0.2, 0.25) is 0 Å². The number of anilines is 1. The Kier molecular flexibility index (Phi) is 12.7. The number of pyridine rings is 1. The Morgan fingerprint density at radius 2 is 1.68 bits per heavy atom. The highest BCUT2D eigenvalue weighted by Crippen LogP contribution is 2.39. The molecular weight excluding hydrogens is 550 g/mol. The van der Waals surface area contributed by atoms with Crippen molar-refractivity contribution in [2.24, 2.45) is 5.73 Å². The summed E-state index contributed by atoms with van der Waals surface area (Å²) >= 11 is 0. The minimum absolute atomic E-state index is 0. The fourth-order valence-corrected chi connectivity index (χ4v) is 5.50. The van der Waals surface area contributed by atoms with Crippen LogP contribution in [-0.4, -0.2) is 40.3 Å². The Bertz CT molecular complexity index is 1550. The lowest BCUT2D eigenvalue weighted by molar-refractivity contribution is -0.0980. The molecule has 8 heteroatoms. The van der Waals surface area contributed by atoms with Crippen LogP contribution in [-0.2, 0) is 11.3 Å². The monoisotopic (exact) mass is 599 g/mol. The van der Waals surface area contributed by atoms with Crippen molar-refractivity contribution in [3.05, 3.63) is 112 Å². The molecule has 0 aliphatic carbocycles. The minimum Gasteiger partial charge on any atom is -0.493 e. The topological polar surface area (TPSA) is 95.4 Å². The van der Waals surface area contributed by atoms with Crippen molar-refractivity contribution in [1.29, 1.82) is 0 Å². The lowest BCUT2D eigenvalue weighted by atomic mass is 10.00. The number of nitrogens with zero attached hydrogens (tertiary/aromatic N) is 4. The van der Waals surface area contributed by atoms with E-state index in [4.69, 9.17) is 15.3 Å². The van der Waals surface area contributed by atoms with Crippen LogP contribution in [0.4, 0.5) is 5.69 Å². The van der Waals surface area contributed by atoms with Crippen LogP contribution in [0.25, 0.3) is 11.3 Å². The first kappa shape index (κ1) is 34.1. The molecule has 2 aliphatic rings. The molecule has 2 aromatic carbocycles. The molecule has 1 unspecified atom stereocenters. The molecule has 4 heterocycles. The smallest absolute Gasteiger partial charge is 0.274 e. The van der Waals surface area contributed by atoms with E-state index in [2.05, 4.69) is 48.5 Å². The molecule has 0 bridgehead atoms. The number of hydrogen-bond donors (Lipinski definition) is 1. The molecule has 6 rings (SSSR count). The van der Waals surface area contributed by atoms with Gasteiger partial charge in [0.2, 0.25) is 0 Å². The zero-order valence-corrected chi connectivity index (χ0v) is 26.8. The number of hydrogen-bond acceptors (Lipinski definition) is 6. The molecule has 0 amide bonds. The molecule has 2 atom stereocenters. The Morgan fingerprint density at radius 3 is 2.32 bits per heavy atom. The number of fused-ring (bicyclic) bond motifs is 1. The van der Waals surface area contributed by atoms with Crippen LogP contribution >= 0.6 is 0 Å². The SMILES string of the molecule is C=C1CCOc2ccc(N3CC(N)C[C@@H]3c3ccccn3)cc21.C=O.CCC.CCn1c(C)c(C)c(=O)n1-c1ccccc1.[HH]. The van der Waals surface area contributed by atoms with Gasteiger partial charge in [0.1, 0.15) is 12.5 Å². The van der Waals surface area contributed by atoms with Gasteiger partial charge < -0.3 is 20.2 Å². The van der Waals surface area contributed by atoms with Gasteiger partial charge in [-0.15, -0.1) is 0 Å². The minimum atomic E-state index is 0. The molecule has 4 aromatic rings. The van der Waals surface area contributed by atoms with Gasteiger partial charge in [0, 0.05) is 55.7 Å². The quantitative estimate of drug-likeness (QED) is 0.274. The average Bonchev–Trinajstić information content (AvgIpc) is 3.56. The summed E-state index contributed by atoms with van der Waals surface area (Å²) in [6.07, 6.45) is 4.91. The number of carbonyl (C=O) groups excluding carboxylic acids is 1. The lowest BCUT2D eigenvalue weighted by Gasteiger charge is -2.28. The average molecular weight is 600 g/mol. The van der Waals surface area contributed by atoms with Crippen LogP contribution in [0.5, 0.6) is 5.75 Å². The van der Waals surface area contributed by atoms with Crippen LogP contribution in [0.3, 0.4) is 0 Å². The van der Waals surface area contributed by atoms with Crippen LogP contribution in [0, 0.1) is 13.8 Å². The first-order chi connectivity index (χ1) is 21.3. The second kappa shape index (κ2) is 16.4. The third-order valence-electron chi connectivity index (χ3n) is 7.68. The molecule has 236 valence electrons. The predicted molar refractivity (Wildman–Crippen MR) is 183 cm³/mol. The zero-order valence-electron chi connectivity index (χ0n) is 26.8. The van der Waals surface area contributed by atoms with Crippen molar-refractivity contribution in [2.45, 2.75) is 72.5 Å². The summed E-state index contributed by atoms with van der Waals surface area (Å²) < 4.78 is 9.48. The maximum Gasteiger partial charge on any atom is 0.274 e. The summed E-state index contributed by atoms with van der Waals surface area (Å²) in [6.45, 7) is 18.7. The summed E-state index contributed by atoms with van der Waals surface area (Å²) in [6, 6.07) is 22.5. The standard InChI is InChI=1S/C19H21N3O.C13H16N2O.C3H8.CH2O.H2/c1-13-7-9-23-19-6-5-15(11-16(13)19)22-12-14(20)10-18(22)17-4-2-3-8-21-17;1-4-14-11(3)10(2)13(16)15(14)12-8-6-5-7-9-12;1-3-2;1-2;/h2-6,8,11,14,18H,1,7,9-10,12,20H2;5-9H,4H2,1-3H3;3H2,1-2H3;1H2;1H/t14?,18-;;;;/m1..../s1. The fraction of sp³-hybridized carbons (Fsp3) is 0.361. The largest absolute Gasteiger partial charge is 0.493 e. The highest BCUT2D eigenvalue weighted by Gasteiger charge is 2.32. The number of carbonyl (C=O) groups is 1. The van der Waals surface area contributed by atoms with Gasteiger partial charge in [-0.2, -0.15) is 0 Å². The number of ether oxygens (including phenoxy) is 1. The van der Waals surface area contributed by atoms with Crippen molar-refractivity contribution in [3.63, 3.8) is 0 Å². The van der Waals surface area contributed by atoms with Gasteiger partial charge in [-0.05, 0) is 75.2 Å². The second-order valence-electron chi connectivity index (χ2n) is 10.9. The maximum atomic E-state index is 12.1. The summed E-state index contributed by atoms with van der Waals surface area (Å²) in [4.78, 5) is 27.0. The number of aromatic nitrogens is 3. The first-order valence-electron chi connectivity index (χ1n) is 15.3. The highest BCUT2D eigenvalue weighted by atomic mass is 16.5. The second-order valence-corrected chi connectivity index (χ2v) is 10.9. The van der Waals surface area contributed by atoms with E-state index in [0.29, 0.717) is 0 Å². The van der Waals surface area contributed by atoms with Crippen molar-refractivity contribution < 1.29 is 11.0 Å². The summed E-state index contributed by atoms with van der Waals surface area (Å²) in [5.41, 5.74) is 13.6. The Morgan fingerprint density at radius 1 is 1.00 bits per heavy atom. The van der Waals surface area contributed by atoms with Crippen molar-refractivity contribution >= 4 is 18.0 Å². The molecule has 0 radical (unpaired) electrons. The van der Waals surface area contributed by atoms with Crippen LogP contribution < -0.4 is 20.9 Å². The maximum absolute atomic E-state index is 12.1. The molecule has 0 saturated carbocycles. The number of rotatable bonds is 4. The molecule has 1 fully saturated rings. The number of para-hydroxylation sites is 1. The van der Waals surface area contributed by atoms with Crippen LogP contribution in [0.15, 0.2) is 84.3 Å². The van der Waals surface area contributed by atoms with E-state index in [-0.39, 0.29) is 19.1 Å². The van der Waals surface area contributed by atoms with Gasteiger partial charge in [0.05, 0.1) is 24.0 Å². The number of nitrogens with two attached hydrogens (primary N) is 1. The normalized spacial score (nSPS) is 16.7. The molecule has 1 saturated heterocycles. The van der Waals surface area contributed by atoms with Crippen LogP contribution in [0.1, 0.15) is 70.0 Å². The van der Waals surface area contributed by atoms with Gasteiger partial charge in [0.25, 0.3) is 5.56 Å².